The molecule has 1 amide bonds. The molecular weight excluding hydrogens is 308 g/mol. The fourth-order valence-corrected chi connectivity index (χ4v) is 3.35. The standard InChI is InChI=1S/C18H24N2O4/c1-10-15(11(2)19(3)16(10)18(23)24-4)14(21)9-20(13-7-8-13)17(22)12-5-6-12/h12-13H,5-9H2,1-4H3. The minimum atomic E-state index is -0.453. The van der Waals surface area contributed by atoms with Crippen LogP contribution in [-0.2, 0) is 16.6 Å². The third kappa shape index (κ3) is 2.85. The Hall–Kier alpha value is -2.11. The summed E-state index contributed by atoms with van der Waals surface area (Å²) in [6.07, 6.45) is 3.83. The number of nitrogens with zero attached hydrogens (tertiary/aromatic N) is 2. The molecule has 0 saturated heterocycles. The number of ketones is 1. The lowest BCUT2D eigenvalue weighted by Gasteiger charge is -2.21. The monoisotopic (exact) mass is 332 g/mol. The lowest BCUT2D eigenvalue weighted by Crippen LogP contribution is -2.38. The smallest absolute Gasteiger partial charge is 0.354 e. The summed E-state index contributed by atoms with van der Waals surface area (Å²) >= 11 is 0. The van der Waals surface area contributed by atoms with Crippen LogP contribution >= 0.6 is 0 Å². The maximum Gasteiger partial charge on any atom is 0.354 e. The fraction of sp³-hybridized carbons (Fsp3) is 0.611. The number of Topliss-reactive ketones (excluding diaryl/α,β-unsaturated/α-hetero) is 1. The molecule has 0 bridgehead atoms. The number of carbonyl (C=O) groups excluding carboxylic acids is 3. The molecule has 0 atom stereocenters. The lowest BCUT2D eigenvalue weighted by atomic mass is 10.0. The van der Waals surface area contributed by atoms with Crippen molar-refractivity contribution in [3.63, 3.8) is 0 Å². The van der Waals surface area contributed by atoms with E-state index in [0.29, 0.717) is 16.8 Å². The van der Waals surface area contributed by atoms with Crippen molar-refractivity contribution in [2.75, 3.05) is 13.7 Å². The van der Waals surface area contributed by atoms with Crippen LogP contribution in [0.25, 0.3) is 0 Å². The van der Waals surface area contributed by atoms with Gasteiger partial charge in [0.2, 0.25) is 5.91 Å². The molecule has 2 aliphatic rings. The SMILES string of the molecule is COC(=O)c1c(C)c(C(=O)CN(C(=O)C2CC2)C2CC2)c(C)n1C. The van der Waals surface area contributed by atoms with Gasteiger partial charge in [0.05, 0.1) is 13.7 Å². The predicted octanol–water partition coefficient (Wildman–Crippen LogP) is 2.01. The van der Waals surface area contributed by atoms with Crippen LogP contribution in [0.2, 0.25) is 0 Å². The molecule has 2 saturated carbocycles. The van der Waals surface area contributed by atoms with Crippen molar-refractivity contribution in [3.05, 3.63) is 22.5 Å². The number of esters is 1. The van der Waals surface area contributed by atoms with Gasteiger partial charge in [-0.2, -0.15) is 0 Å². The highest BCUT2D eigenvalue weighted by Crippen LogP contribution is 2.36. The summed E-state index contributed by atoms with van der Waals surface area (Å²) in [4.78, 5) is 39.1. The normalized spacial score (nSPS) is 16.8. The van der Waals surface area contributed by atoms with E-state index < -0.39 is 5.97 Å². The molecule has 2 aliphatic carbocycles. The minimum absolute atomic E-state index is 0.100. The van der Waals surface area contributed by atoms with Crippen LogP contribution in [0.3, 0.4) is 0 Å². The number of amides is 1. The Labute approximate surface area is 141 Å². The van der Waals surface area contributed by atoms with Crippen molar-refractivity contribution in [2.24, 2.45) is 13.0 Å². The van der Waals surface area contributed by atoms with Gasteiger partial charge in [0.15, 0.2) is 5.78 Å². The summed E-state index contributed by atoms with van der Waals surface area (Å²) in [5.41, 5.74) is 2.28. The van der Waals surface area contributed by atoms with Crippen molar-refractivity contribution < 1.29 is 19.1 Å². The first-order valence-corrected chi connectivity index (χ1v) is 8.44. The first kappa shape index (κ1) is 16.7. The second kappa shape index (κ2) is 6.07. The van der Waals surface area contributed by atoms with Crippen LogP contribution < -0.4 is 0 Å². The Bertz CT molecular complexity index is 711. The van der Waals surface area contributed by atoms with Crippen molar-refractivity contribution >= 4 is 17.7 Å². The Morgan fingerprint density at radius 3 is 2.29 bits per heavy atom. The van der Waals surface area contributed by atoms with Crippen LogP contribution in [0.5, 0.6) is 0 Å². The fourth-order valence-electron chi connectivity index (χ4n) is 3.35. The summed E-state index contributed by atoms with van der Waals surface area (Å²) in [6.45, 7) is 3.68. The quantitative estimate of drug-likeness (QED) is 0.590. The van der Waals surface area contributed by atoms with Crippen LogP contribution in [0.1, 0.15) is 57.8 Å². The zero-order valence-corrected chi connectivity index (χ0v) is 14.7. The summed E-state index contributed by atoms with van der Waals surface area (Å²) in [6, 6.07) is 0.214. The number of carbonyl (C=O) groups is 3. The molecule has 0 radical (unpaired) electrons. The van der Waals surface area contributed by atoms with Gasteiger partial charge < -0.3 is 14.2 Å². The Morgan fingerprint density at radius 2 is 1.79 bits per heavy atom. The molecule has 0 aliphatic heterocycles. The van der Waals surface area contributed by atoms with E-state index in [0.717, 1.165) is 31.4 Å². The largest absolute Gasteiger partial charge is 0.464 e. The van der Waals surface area contributed by atoms with Crippen LogP contribution in [0.4, 0.5) is 0 Å². The van der Waals surface area contributed by atoms with Crippen LogP contribution in [0.15, 0.2) is 0 Å². The maximum absolute atomic E-state index is 12.9. The Morgan fingerprint density at radius 1 is 1.17 bits per heavy atom. The highest BCUT2D eigenvalue weighted by Gasteiger charge is 2.41. The van der Waals surface area contributed by atoms with Crippen molar-refractivity contribution in [3.8, 4) is 0 Å². The van der Waals surface area contributed by atoms with Crippen molar-refractivity contribution in [1.29, 1.82) is 0 Å². The van der Waals surface area contributed by atoms with Gasteiger partial charge in [-0.1, -0.05) is 0 Å². The topological polar surface area (TPSA) is 68.6 Å². The second-order valence-corrected chi connectivity index (χ2v) is 6.88. The highest BCUT2D eigenvalue weighted by atomic mass is 16.5. The number of hydrogen-bond acceptors (Lipinski definition) is 4. The minimum Gasteiger partial charge on any atom is -0.464 e. The average Bonchev–Trinajstić information content (AvgIpc) is 3.43. The molecule has 0 unspecified atom stereocenters. The van der Waals surface area contributed by atoms with Crippen molar-refractivity contribution in [2.45, 2.75) is 45.6 Å². The molecule has 1 aromatic heterocycles. The second-order valence-electron chi connectivity index (χ2n) is 6.88. The summed E-state index contributed by atoms with van der Waals surface area (Å²) in [5, 5.41) is 0. The van der Waals surface area contributed by atoms with Gasteiger partial charge in [0.1, 0.15) is 5.69 Å². The number of rotatable bonds is 6. The van der Waals surface area contributed by atoms with Gasteiger partial charge in [-0.05, 0) is 45.1 Å². The highest BCUT2D eigenvalue weighted by molar-refractivity contribution is 6.05. The van der Waals surface area contributed by atoms with Gasteiger partial charge in [0, 0.05) is 30.3 Å². The zero-order chi connectivity index (χ0) is 17.6. The van der Waals surface area contributed by atoms with Gasteiger partial charge in [0.25, 0.3) is 0 Å². The van der Waals surface area contributed by atoms with E-state index in [1.54, 1.807) is 23.4 Å². The molecule has 130 valence electrons. The zero-order valence-electron chi connectivity index (χ0n) is 14.7. The predicted molar refractivity (Wildman–Crippen MR) is 88.0 cm³/mol. The van der Waals surface area contributed by atoms with E-state index in [9.17, 15) is 14.4 Å². The van der Waals surface area contributed by atoms with E-state index in [2.05, 4.69) is 0 Å². The first-order valence-electron chi connectivity index (χ1n) is 8.44. The maximum atomic E-state index is 12.9. The lowest BCUT2D eigenvalue weighted by molar-refractivity contribution is -0.132. The molecule has 24 heavy (non-hydrogen) atoms. The van der Waals surface area contributed by atoms with Gasteiger partial charge in [-0.15, -0.1) is 0 Å². The number of hydrogen-bond donors (Lipinski definition) is 0. The van der Waals surface area contributed by atoms with E-state index in [1.165, 1.54) is 7.11 Å². The third-order valence-corrected chi connectivity index (χ3v) is 5.10. The third-order valence-electron chi connectivity index (χ3n) is 5.10. The number of aromatic nitrogens is 1. The van der Waals surface area contributed by atoms with Crippen molar-refractivity contribution in [1.82, 2.24) is 9.47 Å². The van der Waals surface area contributed by atoms with Crippen LogP contribution in [0, 0.1) is 19.8 Å². The van der Waals surface area contributed by atoms with Gasteiger partial charge >= 0.3 is 5.97 Å². The molecule has 6 nitrogen and oxygen atoms in total. The molecule has 1 heterocycles. The van der Waals surface area contributed by atoms with Crippen LogP contribution in [-0.4, -0.2) is 46.8 Å². The molecule has 0 aromatic carbocycles. The Balaban J connectivity index is 1.86. The molecule has 6 heteroatoms. The summed E-state index contributed by atoms with van der Waals surface area (Å²) < 4.78 is 6.51. The Kier molecular flexibility index (Phi) is 4.24. The van der Waals surface area contributed by atoms with E-state index in [4.69, 9.17) is 4.74 Å². The van der Waals surface area contributed by atoms with E-state index in [-0.39, 0.29) is 30.2 Å². The summed E-state index contributed by atoms with van der Waals surface area (Å²) in [7, 11) is 3.08. The number of ether oxygens (including phenoxy) is 1. The molecule has 0 spiro atoms. The first-order chi connectivity index (χ1) is 11.4. The molecule has 1 aromatic rings. The number of methoxy groups -OCH3 is 1. The molecule has 2 fully saturated rings. The molecule has 0 N–H and O–H groups in total. The van der Waals surface area contributed by atoms with Gasteiger partial charge in [-0.25, -0.2) is 4.79 Å². The molecule has 3 rings (SSSR count). The average molecular weight is 332 g/mol. The van der Waals surface area contributed by atoms with Gasteiger partial charge in [-0.3, -0.25) is 9.59 Å². The van der Waals surface area contributed by atoms with E-state index >= 15 is 0 Å². The molecular formula is C18H24N2O4. The van der Waals surface area contributed by atoms with E-state index in [1.807, 2.05) is 6.92 Å². The summed E-state index contributed by atoms with van der Waals surface area (Å²) in [5.74, 6) is -0.325.